The maximum absolute atomic E-state index is 13.3. The number of Topliss-reactive ketones (excluding diaryl/α,β-unsaturated/α-hetero) is 1. The van der Waals surface area contributed by atoms with Crippen molar-refractivity contribution in [1.29, 1.82) is 0 Å². The van der Waals surface area contributed by atoms with Gasteiger partial charge in [-0.3, -0.25) is 14.3 Å². The van der Waals surface area contributed by atoms with Gasteiger partial charge in [-0.25, -0.2) is 8.42 Å². The van der Waals surface area contributed by atoms with E-state index in [-0.39, 0.29) is 45.2 Å². The second kappa shape index (κ2) is 21.9. The Labute approximate surface area is 308 Å². The number of hydrogen-bond donors (Lipinski definition) is 4. The van der Waals surface area contributed by atoms with Crippen LogP contribution < -0.4 is 10.0 Å². The Bertz CT molecular complexity index is 1570. The number of nitrogens with one attached hydrogen (secondary N) is 2. The van der Waals surface area contributed by atoms with E-state index in [9.17, 15) is 28.2 Å². The van der Waals surface area contributed by atoms with Crippen LogP contribution in [0.15, 0.2) is 52.5 Å². The Kier molecular flexibility index (Phi) is 18.1. The molecule has 2 aliphatic rings. The Hall–Kier alpha value is -3.33. The SMILES string of the molecule is CCCCCCCCCCCCNc1cc(O)c(C2=C(O)/C(=C3\C=C(C)C(NS(=O)(=O)CCCCCCCCCCCC)=CC3=O)C2=O)cc1C. The highest BCUT2D eigenvalue weighted by Gasteiger charge is 2.40. The number of allylic oxidation sites excluding steroid dienone is 6. The highest BCUT2D eigenvalue weighted by Crippen LogP contribution is 2.43. The topological polar surface area (TPSA) is 133 Å². The number of phenolic OH excluding ortho intramolecular Hbond substituents is 1. The lowest BCUT2D eigenvalue weighted by atomic mass is 9.78. The summed E-state index contributed by atoms with van der Waals surface area (Å²) in [4.78, 5) is 26.4. The molecule has 0 amide bonds. The van der Waals surface area contributed by atoms with Gasteiger partial charge in [0, 0.05) is 35.5 Å². The van der Waals surface area contributed by atoms with Gasteiger partial charge in [0.05, 0.1) is 22.6 Å². The summed E-state index contributed by atoms with van der Waals surface area (Å²) in [6.07, 6.45) is 26.2. The molecule has 0 aromatic heterocycles. The summed E-state index contributed by atoms with van der Waals surface area (Å²) >= 11 is 0. The standard InChI is InChI=1S/C42H64N2O6S/c1-5-7-9-11-13-15-17-19-21-23-25-43-35-29-37(45)33(27-31(35)3)39-41(47)40(42(39)48)34-28-32(4)36(30-38(34)46)44-51(49,50)26-24-22-20-18-16-14-12-10-8-6-2/h27-30,43-45,47H,5-26H2,1-4H3/b40-34-. The Morgan fingerprint density at radius 2 is 1.16 bits per heavy atom. The van der Waals surface area contributed by atoms with Crippen LogP contribution in [0.25, 0.3) is 5.57 Å². The first-order chi connectivity index (χ1) is 24.5. The van der Waals surface area contributed by atoms with Crippen LogP contribution in [0.2, 0.25) is 0 Å². The number of carbonyl (C=O) groups excluding carboxylic acids is 2. The number of hydrogen-bond acceptors (Lipinski definition) is 7. The van der Waals surface area contributed by atoms with E-state index in [1.807, 2.05) is 6.92 Å². The summed E-state index contributed by atoms with van der Waals surface area (Å²) in [6.45, 7) is 8.76. The summed E-state index contributed by atoms with van der Waals surface area (Å²) in [5.41, 5.74) is 2.28. The first kappa shape index (κ1) is 42.1. The van der Waals surface area contributed by atoms with E-state index >= 15 is 0 Å². The van der Waals surface area contributed by atoms with Crippen LogP contribution in [0.1, 0.15) is 160 Å². The monoisotopic (exact) mass is 724 g/mol. The Morgan fingerprint density at radius 3 is 1.69 bits per heavy atom. The lowest BCUT2D eigenvalue weighted by Crippen LogP contribution is -2.30. The van der Waals surface area contributed by atoms with Crippen molar-refractivity contribution in [3.8, 4) is 5.75 Å². The number of rotatable bonds is 26. The number of sulfonamides is 1. The average Bonchev–Trinajstić information content (AvgIpc) is 3.08. The third-order valence-electron chi connectivity index (χ3n) is 10.0. The first-order valence-electron chi connectivity index (χ1n) is 19.8. The Morgan fingerprint density at radius 1 is 0.647 bits per heavy atom. The van der Waals surface area contributed by atoms with Crippen molar-refractivity contribution in [2.24, 2.45) is 0 Å². The van der Waals surface area contributed by atoms with Crippen LogP contribution in [-0.2, 0) is 19.6 Å². The zero-order valence-electron chi connectivity index (χ0n) is 31.8. The molecule has 1 aromatic rings. The van der Waals surface area contributed by atoms with E-state index in [0.29, 0.717) is 12.0 Å². The number of anilines is 1. The lowest BCUT2D eigenvalue weighted by molar-refractivity contribution is -0.114. The zero-order valence-corrected chi connectivity index (χ0v) is 32.6. The maximum Gasteiger partial charge on any atom is 0.232 e. The highest BCUT2D eigenvalue weighted by atomic mass is 32.2. The summed E-state index contributed by atoms with van der Waals surface area (Å²) in [6, 6.07) is 3.25. The molecule has 0 saturated carbocycles. The first-order valence-corrected chi connectivity index (χ1v) is 21.4. The molecule has 0 spiro atoms. The quantitative estimate of drug-likeness (QED) is 0.0552. The molecule has 3 rings (SSSR count). The van der Waals surface area contributed by atoms with Crippen molar-refractivity contribution in [2.75, 3.05) is 17.6 Å². The number of ketones is 2. The molecule has 284 valence electrons. The van der Waals surface area contributed by atoms with Crippen molar-refractivity contribution < 1.29 is 28.2 Å². The molecule has 0 radical (unpaired) electrons. The fourth-order valence-electron chi connectivity index (χ4n) is 6.82. The molecule has 1 aromatic carbocycles. The van der Waals surface area contributed by atoms with Gasteiger partial charge in [0.1, 0.15) is 11.5 Å². The Balaban J connectivity index is 1.51. The zero-order chi connectivity index (χ0) is 37.2. The largest absolute Gasteiger partial charge is 0.507 e. The summed E-state index contributed by atoms with van der Waals surface area (Å²) in [5.74, 6) is -1.63. The predicted octanol–water partition coefficient (Wildman–Crippen LogP) is 10.4. The molecule has 8 nitrogen and oxygen atoms in total. The van der Waals surface area contributed by atoms with Crippen LogP contribution in [0.3, 0.4) is 0 Å². The van der Waals surface area contributed by atoms with Crippen molar-refractivity contribution in [3.63, 3.8) is 0 Å². The van der Waals surface area contributed by atoms with E-state index in [0.717, 1.165) is 49.9 Å². The van der Waals surface area contributed by atoms with E-state index in [2.05, 4.69) is 23.9 Å². The summed E-state index contributed by atoms with van der Waals surface area (Å²) in [5, 5.41) is 25.2. The van der Waals surface area contributed by atoms with Crippen LogP contribution in [0.4, 0.5) is 5.69 Å². The van der Waals surface area contributed by atoms with Gasteiger partial charge in [-0.15, -0.1) is 0 Å². The number of carbonyl (C=O) groups is 2. The van der Waals surface area contributed by atoms with E-state index in [4.69, 9.17) is 0 Å². The number of aromatic hydroxyl groups is 1. The molecule has 0 atom stereocenters. The van der Waals surface area contributed by atoms with Gasteiger partial charge in [-0.05, 0) is 50.0 Å². The molecule has 2 aliphatic carbocycles. The molecule has 0 saturated heterocycles. The van der Waals surface area contributed by atoms with Gasteiger partial charge in [-0.2, -0.15) is 0 Å². The van der Waals surface area contributed by atoms with E-state index < -0.39 is 21.6 Å². The van der Waals surface area contributed by atoms with Crippen LogP contribution >= 0.6 is 0 Å². The minimum absolute atomic E-state index is 0.00221. The number of aryl methyl sites for hydroxylation is 1. The summed E-state index contributed by atoms with van der Waals surface area (Å²) in [7, 11) is -3.66. The normalized spacial score (nSPS) is 16.3. The van der Waals surface area contributed by atoms with Crippen molar-refractivity contribution in [2.45, 2.75) is 156 Å². The predicted molar refractivity (Wildman–Crippen MR) is 210 cm³/mol. The maximum atomic E-state index is 13.3. The van der Waals surface area contributed by atoms with Gasteiger partial charge in [0.25, 0.3) is 0 Å². The highest BCUT2D eigenvalue weighted by molar-refractivity contribution is 7.89. The number of phenols is 1. The molecule has 0 bridgehead atoms. The van der Waals surface area contributed by atoms with Crippen LogP contribution in [0, 0.1) is 6.92 Å². The van der Waals surface area contributed by atoms with E-state index in [1.165, 1.54) is 102 Å². The molecule has 0 fully saturated rings. The number of benzene rings is 1. The van der Waals surface area contributed by atoms with Gasteiger partial charge >= 0.3 is 0 Å². The van der Waals surface area contributed by atoms with Gasteiger partial charge in [0.15, 0.2) is 5.78 Å². The van der Waals surface area contributed by atoms with Gasteiger partial charge < -0.3 is 15.5 Å². The second-order valence-corrected chi connectivity index (χ2v) is 16.3. The van der Waals surface area contributed by atoms with Gasteiger partial charge in [-0.1, -0.05) is 129 Å². The fourth-order valence-corrected chi connectivity index (χ4v) is 8.06. The summed E-state index contributed by atoms with van der Waals surface area (Å²) < 4.78 is 28.1. The smallest absolute Gasteiger partial charge is 0.232 e. The van der Waals surface area contributed by atoms with Gasteiger partial charge in [0.2, 0.25) is 15.8 Å². The van der Waals surface area contributed by atoms with Crippen molar-refractivity contribution >= 4 is 32.9 Å². The minimum atomic E-state index is -3.66. The average molecular weight is 725 g/mol. The van der Waals surface area contributed by atoms with Crippen molar-refractivity contribution in [1.82, 2.24) is 4.72 Å². The molecule has 9 heteroatoms. The third-order valence-corrected chi connectivity index (χ3v) is 11.4. The number of unbranched alkanes of at least 4 members (excludes halogenated alkanes) is 18. The lowest BCUT2D eigenvalue weighted by Gasteiger charge is -2.26. The van der Waals surface area contributed by atoms with Crippen molar-refractivity contribution in [3.05, 3.63) is 63.6 Å². The molecule has 0 heterocycles. The number of aliphatic hydroxyl groups excluding tert-OH is 1. The minimum Gasteiger partial charge on any atom is -0.507 e. The van der Waals surface area contributed by atoms with E-state index in [1.54, 1.807) is 19.1 Å². The third kappa shape index (κ3) is 13.3. The molecule has 0 unspecified atom stereocenters. The molecular formula is C42H64N2O6S. The molecule has 4 N–H and O–H groups in total. The number of aliphatic hydroxyl groups is 1. The molecule has 0 aliphatic heterocycles. The van der Waals surface area contributed by atoms with Crippen LogP contribution in [-0.4, -0.2) is 42.5 Å². The molecule has 51 heavy (non-hydrogen) atoms. The fraction of sp³-hybridized carbons (Fsp3) is 0.619. The van der Waals surface area contributed by atoms with Crippen LogP contribution in [0.5, 0.6) is 5.75 Å². The second-order valence-electron chi connectivity index (χ2n) is 14.5. The molecular weight excluding hydrogens is 661 g/mol.